The summed E-state index contributed by atoms with van der Waals surface area (Å²) in [7, 11) is 1.52. The van der Waals surface area contributed by atoms with Crippen LogP contribution in [0.5, 0.6) is 0 Å². The van der Waals surface area contributed by atoms with Crippen molar-refractivity contribution in [1.82, 2.24) is 4.90 Å². The molecule has 4 aliphatic heterocycles. The third-order valence-electron chi connectivity index (χ3n) is 5.57. The Kier molecular flexibility index (Phi) is 2.52. The van der Waals surface area contributed by atoms with Crippen LogP contribution in [0.4, 0.5) is 0 Å². The molecule has 7 nitrogen and oxygen atoms in total. The number of likely N-dealkylation sites (tertiary alicyclic amines) is 1. The van der Waals surface area contributed by atoms with Gasteiger partial charge in [0.1, 0.15) is 6.10 Å². The van der Waals surface area contributed by atoms with Gasteiger partial charge in [-0.15, -0.1) is 0 Å². The Hall–Kier alpha value is -2.72. The van der Waals surface area contributed by atoms with Gasteiger partial charge in [0.05, 0.1) is 41.2 Å². The highest BCUT2D eigenvalue weighted by Crippen LogP contribution is 2.54. The SMILES string of the molecule is CN1C(=O)[C@@H]2[C@H]3O[C@@H]([C@@H]4C(c5ccc(C#N)cc5)=NO[C@H]34)[C@@H]2C1=O. The van der Waals surface area contributed by atoms with E-state index in [1.54, 1.807) is 12.1 Å². The molecule has 1 aromatic rings. The van der Waals surface area contributed by atoms with E-state index in [1.807, 2.05) is 12.1 Å². The van der Waals surface area contributed by atoms with Gasteiger partial charge >= 0.3 is 0 Å². The molecule has 0 aliphatic carbocycles. The van der Waals surface area contributed by atoms with Gasteiger partial charge in [-0.25, -0.2) is 0 Å². The van der Waals surface area contributed by atoms with E-state index in [9.17, 15) is 9.59 Å². The molecule has 24 heavy (non-hydrogen) atoms. The van der Waals surface area contributed by atoms with Crippen molar-refractivity contribution in [3.8, 4) is 6.07 Å². The zero-order valence-electron chi connectivity index (χ0n) is 12.7. The van der Waals surface area contributed by atoms with Crippen LogP contribution < -0.4 is 0 Å². The number of fused-ring (bicyclic) bond motifs is 8. The first-order valence-electron chi connectivity index (χ1n) is 7.83. The highest BCUT2D eigenvalue weighted by atomic mass is 16.7. The summed E-state index contributed by atoms with van der Waals surface area (Å²) in [5.74, 6) is -1.43. The minimum absolute atomic E-state index is 0.160. The molecule has 0 radical (unpaired) electrons. The molecule has 120 valence electrons. The highest BCUT2D eigenvalue weighted by molar-refractivity contribution is 6.09. The molecule has 5 rings (SSSR count). The van der Waals surface area contributed by atoms with Crippen molar-refractivity contribution in [3.63, 3.8) is 0 Å². The van der Waals surface area contributed by atoms with Crippen molar-refractivity contribution in [2.45, 2.75) is 18.3 Å². The molecule has 6 atom stereocenters. The van der Waals surface area contributed by atoms with Gasteiger partial charge in [0.25, 0.3) is 0 Å². The number of rotatable bonds is 1. The van der Waals surface area contributed by atoms with Gasteiger partial charge in [0.15, 0.2) is 6.10 Å². The van der Waals surface area contributed by atoms with Crippen LogP contribution in [0, 0.1) is 29.1 Å². The van der Waals surface area contributed by atoms with E-state index in [4.69, 9.17) is 14.8 Å². The minimum atomic E-state index is -0.454. The van der Waals surface area contributed by atoms with Gasteiger partial charge in [0.2, 0.25) is 11.8 Å². The van der Waals surface area contributed by atoms with Crippen LogP contribution in [-0.2, 0) is 19.2 Å². The van der Waals surface area contributed by atoms with Gasteiger partial charge < -0.3 is 9.57 Å². The van der Waals surface area contributed by atoms with Crippen molar-refractivity contribution in [1.29, 1.82) is 5.26 Å². The molecule has 0 unspecified atom stereocenters. The third kappa shape index (κ3) is 1.47. The maximum absolute atomic E-state index is 12.4. The second kappa shape index (κ2) is 4.42. The third-order valence-corrected chi connectivity index (χ3v) is 5.57. The Bertz CT molecular complexity index is 840. The van der Waals surface area contributed by atoms with E-state index in [1.165, 1.54) is 11.9 Å². The quantitative estimate of drug-likeness (QED) is 0.693. The van der Waals surface area contributed by atoms with E-state index in [-0.39, 0.29) is 29.9 Å². The average molecular weight is 323 g/mol. The van der Waals surface area contributed by atoms with Gasteiger partial charge in [-0.05, 0) is 17.7 Å². The van der Waals surface area contributed by atoms with Crippen molar-refractivity contribution in [2.75, 3.05) is 7.05 Å². The number of imide groups is 1. The first-order chi connectivity index (χ1) is 11.6. The number of hydrogen-bond donors (Lipinski definition) is 0. The van der Waals surface area contributed by atoms with Crippen LogP contribution in [0.1, 0.15) is 11.1 Å². The van der Waals surface area contributed by atoms with Crippen molar-refractivity contribution in [3.05, 3.63) is 35.4 Å². The molecule has 0 aromatic heterocycles. The summed E-state index contributed by atoms with van der Waals surface area (Å²) in [6.45, 7) is 0. The predicted molar refractivity (Wildman–Crippen MR) is 79.5 cm³/mol. The van der Waals surface area contributed by atoms with E-state index in [0.717, 1.165) is 11.3 Å². The molecule has 4 heterocycles. The fraction of sp³-hybridized carbons (Fsp3) is 0.412. The Morgan fingerprint density at radius 1 is 1.04 bits per heavy atom. The topological polar surface area (TPSA) is 92.0 Å². The van der Waals surface area contributed by atoms with Crippen LogP contribution >= 0.6 is 0 Å². The second-order valence-electron chi connectivity index (χ2n) is 6.61. The molecule has 0 spiro atoms. The Morgan fingerprint density at radius 3 is 2.38 bits per heavy atom. The molecule has 1 aromatic carbocycles. The molecular weight excluding hydrogens is 310 g/mol. The zero-order chi connectivity index (χ0) is 16.6. The van der Waals surface area contributed by atoms with E-state index >= 15 is 0 Å². The Balaban J connectivity index is 1.51. The van der Waals surface area contributed by atoms with E-state index < -0.39 is 17.9 Å². The van der Waals surface area contributed by atoms with Gasteiger partial charge in [-0.2, -0.15) is 5.26 Å². The highest BCUT2D eigenvalue weighted by Gasteiger charge is 2.71. The zero-order valence-corrected chi connectivity index (χ0v) is 12.7. The van der Waals surface area contributed by atoms with Crippen molar-refractivity contribution in [2.24, 2.45) is 22.9 Å². The standard InChI is InChI=1S/C17H13N3O4/c1-20-16(21)9-10(17(20)22)14-15-11(13(9)23-14)12(19-24-15)8-4-2-7(6-18)3-5-8/h2-5,9-11,13-15H,1H3/t9-,10+,11+,13-,14-,15+/m1/s1. The largest absolute Gasteiger partial charge is 0.389 e. The number of nitriles is 1. The number of oxime groups is 1. The van der Waals surface area contributed by atoms with Gasteiger partial charge in [-0.1, -0.05) is 17.3 Å². The molecule has 7 heteroatoms. The fourth-order valence-electron chi connectivity index (χ4n) is 4.46. The Morgan fingerprint density at radius 2 is 1.71 bits per heavy atom. The van der Waals surface area contributed by atoms with E-state index in [0.29, 0.717) is 5.56 Å². The van der Waals surface area contributed by atoms with Crippen LogP contribution in [0.25, 0.3) is 0 Å². The van der Waals surface area contributed by atoms with Crippen LogP contribution in [0.15, 0.2) is 29.4 Å². The maximum atomic E-state index is 12.4. The lowest BCUT2D eigenvalue weighted by Crippen LogP contribution is -2.45. The number of benzene rings is 1. The molecule has 4 aliphatic rings. The van der Waals surface area contributed by atoms with Crippen molar-refractivity contribution < 1.29 is 19.2 Å². The molecule has 0 saturated carbocycles. The normalized spacial score (nSPS) is 38.7. The lowest BCUT2D eigenvalue weighted by Gasteiger charge is -2.26. The van der Waals surface area contributed by atoms with Crippen LogP contribution in [-0.4, -0.2) is 47.8 Å². The summed E-state index contributed by atoms with van der Waals surface area (Å²) in [6, 6.07) is 9.16. The average Bonchev–Trinajstić information content (AvgIpc) is 3.33. The smallest absolute Gasteiger partial charge is 0.235 e. The molecular formula is C17H13N3O4. The summed E-state index contributed by atoms with van der Waals surface area (Å²) >= 11 is 0. The number of nitrogens with zero attached hydrogens (tertiary/aromatic N) is 3. The lowest BCUT2D eigenvalue weighted by atomic mass is 9.71. The molecule has 2 amide bonds. The van der Waals surface area contributed by atoms with Crippen LogP contribution in [0.2, 0.25) is 0 Å². The van der Waals surface area contributed by atoms with Gasteiger partial charge in [-0.3, -0.25) is 14.5 Å². The number of carbonyl (C=O) groups is 2. The molecule has 3 saturated heterocycles. The maximum Gasteiger partial charge on any atom is 0.235 e. The number of hydrogen-bond acceptors (Lipinski definition) is 6. The first kappa shape index (κ1) is 13.7. The molecule has 0 N–H and O–H groups in total. The minimum Gasteiger partial charge on any atom is -0.389 e. The summed E-state index contributed by atoms with van der Waals surface area (Å²) in [5.41, 5.74) is 2.14. The van der Waals surface area contributed by atoms with Crippen LogP contribution in [0.3, 0.4) is 0 Å². The monoisotopic (exact) mass is 323 g/mol. The summed E-state index contributed by atoms with van der Waals surface area (Å²) in [4.78, 5) is 31.5. The van der Waals surface area contributed by atoms with E-state index in [2.05, 4.69) is 11.2 Å². The number of amides is 2. The predicted octanol–water partition coefficient (Wildman–Crippen LogP) is 0.289. The summed E-state index contributed by atoms with van der Waals surface area (Å²) in [6.07, 6.45) is -1.14. The number of carbonyl (C=O) groups excluding carboxylic acids is 2. The van der Waals surface area contributed by atoms with Crippen molar-refractivity contribution >= 4 is 17.5 Å². The molecule has 3 fully saturated rings. The number of ether oxygens (including phenoxy) is 1. The Labute approximate surface area is 137 Å². The first-order valence-corrected chi connectivity index (χ1v) is 7.83. The summed E-state index contributed by atoms with van der Waals surface area (Å²) in [5, 5.41) is 13.1. The lowest BCUT2D eigenvalue weighted by molar-refractivity contribution is -0.141. The van der Waals surface area contributed by atoms with Gasteiger partial charge in [0, 0.05) is 7.05 Å². The summed E-state index contributed by atoms with van der Waals surface area (Å²) < 4.78 is 5.97. The molecule has 2 bridgehead atoms. The second-order valence-corrected chi connectivity index (χ2v) is 6.61. The fourth-order valence-corrected chi connectivity index (χ4v) is 4.46.